The Hall–Kier alpha value is -1.55. The molecule has 20 heavy (non-hydrogen) atoms. The summed E-state index contributed by atoms with van der Waals surface area (Å²) in [5, 5.41) is 9.18. The highest BCUT2D eigenvalue weighted by Gasteiger charge is 2.28. The average molecular weight is 277 g/mol. The summed E-state index contributed by atoms with van der Waals surface area (Å²) >= 11 is 0. The molecule has 1 aliphatic rings. The van der Waals surface area contributed by atoms with Gasteiger partial charge in [0.05, 0.1) is 12.5 Å². The second-order valence-corrected chi connectivity index (χ2v) is 5.35. The fourth-order valence-electron chi connectivity index (χ4n) is 2.80. The van der Waals surface area contributed by atoms with Gasteiger partial charge in [-0.25, -0.2) is 0 Å². The van der Waals surface area contributed by atoms with Crippen molar-refractivity contribution in [2.45, 2.75) is 32.7 Å². The second kappa shape index (κ2) is 6.75. The molecule has 0 spiro atoms. The molecule has 1 aliphatic heterocycles. The molecule has 0 bridgehead atoms. The molecule has 0 amide bonds. The van der Waals surface area contributed by atoms with E-state index in [1.54, 1.807) is 0 Å². The molecule has 1 aromatic carbocycles. The lowest BCUT2D eigenvalue weighted by molar-refractivity contribution is -0.143. The van der Waals surface area contributed by atoms with E-state index in [4.69, 9.17) is 4.74 Å². The van der Waals surface area contributed by atoms with Gasteiger partial charge in [0.25, 0.3) is 0 Å². The Kier molecular flexibility index (Phi) is 5.01. The number of hydrogen-bond acceptors (Lipinski definition) is 3. The molecular weight excluding hydrogens is 254 g/mol. The van der Waals surface area contributed by atoms with Crippen LogP contribution in [-0.2, 0) is 4.79 Å². The number of rotatable bonds is 5. The Morgan fingerprint density at radius 3 is 3.05 bits per heavy atom. The van der Waals surface area contributed by atoms with Gasteiger partial charge in [0.1, 0.15) is 5.75 Å². The van der Waals surface area contributed by atoms with Crippen molar-refractivity contribution in [1.29, 1.82) is 0 Å². The normalized spacial score (nSPS) is 21.4. The molecule has 1 saturated heterocycles. The summed E-state index contributed by atoms with van der Waals surface area (Å²) in [6, 6.07) is 8.30. The van der Waals surface area contributed by atoms with Crippen LogP contribution in [0.3, 0.4) is 0 Å². The summed E-state index contributed by atoms with van der Waals surface area (Å²) in [7, 11) is 0. The predicted octanol–water partition coefficient (Wildman–Crippen LogP) is 2.94. The van der Waals surface area contributed by atoms with E-state index in [0.29, 0.717) is 13.2 Å². The molecule has 110 valence electrons. The minimum absolute atomic E-state index is 0.220. The molecule has 2 unspecified atom stereocenters. The van der Waals surface area contributed by atoms with Crippen LogP contribution in [0, 0.1) is 5.92 Å². The largest absolute Gasteiger partial charge is 0.494 e. The van der Waals surface area contributed by atoms with Crippen LogP contribution < -0.4 is 4.74 Å². The van der Waals surface area contributed by atoms with Crippen molar-refractivity contribution < 1.29 is 14.6 Å². The minimum Gasteiger partial charge on any atom is -0.494 e. The number of carbonyl (C=O) groups is 1. The number of carboxylic acids is 1. The molecule has 0 saturated carbocycles. The van der Waals surface area contributed by atoms with Crippen molar-refractivity contribution in [3.63, 3.8) is 0 Å². The van der Waals surface area contributed by atoms with Crippen LogP contribution in [0.5, 0.6) is 5.75 Å². The van der Waals surface area contributed by atoms with E-state index in [1.807, 2.05) is 19.1 Å². The molecule has 0 radical (unpaired) electrons. The van der Waals surface area contributed by atoms with Crippen LogP contribution in [0.25, 0.3) is 0 Å². The van der Waals surface area contributed by atoms with Gasteiger partial charge < -0.3 is 9.84 Å². The summed E-state index contributed by atoms with van der Waals surface area (Å²) in [6.45, 7) is 6.36. The van der Waals surface area contributed by atoms with E-state index >= 15 is 0 Å². The molecule has 1 heterocycles. The molecule has 0 aromatic heterocycles. The average Bonchev–Trinajstić information content (AvgIpc) is 2.47. The number of likely N-dealkylation sites (tertiary alicyclic amines) is 1. The molecule has 1 N–H and O–H groups in total. The number of benzene rings is 1. The van der Waals surface area contributed by atoms with Crippen molar-refractivity contribution in [2.24, 2.45) is 5.92 Å². The van der Waals surface area contributed by atoms with Crippen molar-refractivity contribution in [3.05, 3.63) is 29.8 Å². The zero-order chi connectivity index (χ0) is 14.5. The van der Waals surface area contributed by atoms with E-state index in [-0.39, 0.29) is 12.0 Å². The summed E-state index contributed by atoms with van der Waals surface area (Å²) in [5.41, 5.74) is 1.18. The first-order valence-corrected chi connectivity index (χ1v) is 7.31. The first kappa shape index (κ1) is 14.9. The van der Waals surface area contributed by atoms with Crippen molar-refractivity contribution >= 4 is 5.97 Å². The molecular formula is C16H23NO3. The first-order valence-electron chi connectivity index (χ1n) is 7.31. The van der Waals surface area contributed by atoms with Crippen LogP contribution in [-0.4, -0.2) is 35.7 Å². The van der Waals surface area contributed by atoms with Gasteiger partial charge in [-0.05, 0) is 50.9 Å². The molecule has 2 atom stereocenters. The number of carboxylic acid groups (broad SMARTS) is 1. The fraction of sp³-hybridized carbons (Fsp3) is 0.562. The zero-order valence-corrected chi connectivity index (χ0v) is 12.2. The Labute approximate surface area is 120 Å². The van der Waals surface area contributed by atoms with E-state index in [2.05, 4.69) is 24.0 Å². The minimum atomic E-state index is -0.676. The Bertz CT molecular complexity index is 461. The standard InChI is InChI=1S/C16H23NO3/c1-3-20-15-8-4-6-13(10-15)12(2)17-9-5-7-14(11-17)16(18)19/h4,6,8,10,12,14H,3,5,7,9,11H2,1-2H3,(H,18,19). The fourth-order valence-corrected chi connectivity index (χ4v) is 2.80. The summed E-state index contributed by atoms with van der Waals surface area (Å²) in [5.74, 6) is -0.0325. The van der Waals surface area contributed by atoms with Crippen LogP contribution >= 0.6 is 0 Å². The van der Waals surface area contributed by atoms with Gasteiger partial charge in [-0.15, -0.1) is 0 Å². The number of nitrogens with zero attached hydrogens (tertiary/aromatic N) is 1. The zero-order valence-electron chi connectivity index (χ0n) is 12.2. The molecule has 1 aromatic rings. The number of aliphatic carboxylic acids is 1. The Morgan fingerprint density at radius 1 is 1.55 bits per heavy atom. The first-order chi connectivity index (χ1) is 9.61. The molecule has 4 nitrogen and oxygen atoms in total. The van der Waals surface area contributed by atoms with Gasteiger partial charge in [-0.1, -0.05) is 12.1 Å². The van der Waals surface area contributed by atoms with Crippen molar-refractivity contribution in [2.75, 3.05) is 19.7 Å². The van der Waals surface area contributed by atoms with Crippen LogP contribution in [0.1, 0.15) is 38.3 Å². The number of piperidine rings is 1. The topological polar surface area (TPSA) is 49.8 Å². The monoisotopic (exact) mass is 277 g/mol. The van der Waals surface area contributed by atoms with Gasteiger partial charge in [0.15, 0.2) is 0 Å². The maximum absolute atomic E-state index is 11.2. The summed E-state index contributed by atoms with van der Waals surface area (Å²) in [6.07, 6.45) is 1.74. The van der Waals surface area contributed by atoms with Gasteiger partial charge >= 0.3 is 5.97 Å². The van der Waals surface area contributed by atoms with E-state index in [9.17, 15) is 9.90 Å². The third-order valence-corrected chi connectivity index (χ3v) is 4.00. The predicted molar refractivity (Wildman–Crippen MR) is 78.0 cm³/mol. The van der Waals surface area contributed by atoms with Gasteiger partial charge in [0, 0.05) is 12.6 Å². The molecule has 0 aliphatic carbocycles. The molecule has 1 fully saturated rings. The van der Waals surface area contributed by atoms with Crippen LogP contribution in [0.15, 0.2) is 24.3 Å². The van der Waals surface area contributed by atoms with Crippen molar-refractivity contribution in [1.82, 2.24) is 4.90 Å². The Morgan fingerprint density at radius 2 is 2.35 bits per heavy atom. The number of hydrogen-bond donors (Lipinski definition) is 1. The van der Waals surface area contributed by atoms with Crippen LogP contribution in [0.2, 0.25) is 0 Å². The quantitative estimate of drug-likeness (QED) is 0.899. The highest BCUT2D eigenvalue weighted by Crippen LogP contribution is 2.28. The van der Waals surface area contributed by atoms with E-state index in [0.717, 1.165) is 25.1 Å². The third kappa shape index (κ3) is 3.51. The molecule has 2 rings (SSSR count). The summed E-state index contributed by atoms with van der Waals surface area (Å²) in [4.78, 5) is 13.4. The maximum atomic E-state index is 11.2. The van der Waals surface area contributed by atoms with Gasteiger partial charge in [0.2, 0.25) is 0 Å². The maximum Gasteiger partial charge on any atom is 0.307 e. The van der Waals surface area contributed by atoms with Gasteiger partial charge in [-0.3, -0.25) is 9.69 Å². The highest BCUT2D eigenvalue weighted by atomic mass is 16.5. The smallest absolute Gasteiger partial charge is 0.307 e. The van der Waals surface area contributed by atoms with Gasteiger partial charge in [-0.2, -0.15) is 0 Å². The van der Waals surface area contributed by atoms with E-state index in [1.165, 1.54) is 5.56 Å². The van der Waals surface area contributed by atoms with E-state index < -0.39 is 5.97 Å². The van der Waals surface area contributed by atoms with Crippen molar-refractivity contribution in [3.8, 4) is 5.75 Å². The second-order valence-electron chi connectivity index (χ2n) is 5.35. The lowest BCUT2D eigenvalue weighted by atomic mass is 9.95. The number of ether oxygens (including phenoxy) is 1. The summed E-state index contributed by atoms with van der Waals surface area (Å²) < 4.78 is 5.53. The SMILES string of the molecule is CCOc1cccc(C(C)N2CCCC(C(=O)O)C2)c1. The highest BCUT2D eigenvalue weighted by molar-refractivity contribution is 5.70. The lowest BCUT2D eigenvalue weighted by Crippen LogP contribution is -2.40. The molecule has 4 heteroatoms. The lowest BCUT2D eigenvalue weighted by Gasteiger charge is -2.35. The Balaban J connectivity index is 2.08. The third-order valence-electron chi connectivity index (χ3n) is 4.00. The van der Waals surface area contributed by atoms with Crippen LogP contribution in [0.4, 0.5) is 0 Å².